The normalized spacial score (nSPS) is 11.5. The van der Waals surface area contributed by atoms with Crippen molar-refractivity contribution in [3.8, 4) is 0 Å². The van der Waals surface area contributed by atoms with Gasteiger partial charge in [-0.05, 0) is 38.3 Å². The highest BCUT2D eigenvalue weighted by atomic mass is 16.2. The van der Waals surface area contributed by atoms with Gasteiger partial charge < -0.3 is 9.88 Å². The zero-order chi connectivity index (χ0) is 14.0. The highest BCUT2D eigenvalue weighted by molar-refractivity contribution is 5.88. The van der Waals surface area contributed by atoms with Crippen molar-refractivity contribution in [3.05, 3.63) is 36.0 Å². The number of nitrogens with one attached hydrogen (secondary N) is 1. The second-order valence-electron chi connectivity index (χ2n) is 5.68. The summed E-state index contributed by atoms with van der Waals surface area (Å²) in [5, 5.41) is 3.94. The fraction of sp³-hybridized carbons (Fsp3) is 0.333. The van der Waals surface area contributed by atoms with E-state index >= 15 is 0 Å². The molecule has 0 bridgehead atoms. The number of aromatic nitrogens is 1. The standard InChI is InChI=1S/C15H18N2O2/c1-15(2,3)16-14(19)9-17-7-6-12-5-4-11(10-18)8-13(12)17/h4-8,10H,9H2,1-3H3,(H,16,19). The van der Waals surface area contributed by atoms with Crippen LogP contribution < -0.4 is 5.32 Å². The molecule has 0 spiro atoms. The molecule has 0 atom stereocenters. The largest absolute Gasteiger partial charge is 0.350 e. The average molecular weight is 258 g/mol. The molecule has 4 heteroatoms. The lowest BCUT2D eigenvalue weighted by Crippen LogP contribution is -2.42. The summed E-state index contributed by atoms with van der Waals surface area (Å²) in [5.41, 5.74) is 1.27. The molecule has 0 radical (unpaired) electrons. The first kappa shape index (κ1) is 13.3. The minimum Gasteiger partial charge on any atom is -0.350 e. The fourth-order valence-electron chi connectivity index (χ4n) is 2.02. The molecule has 100 valence electrons. The molecule has 2 rings (SSSR count). The number of aldehydes is 1. The number of hydrogen-bond acceptors (Lipinski definition) is 2. The lowest BCUT2D eigenvalue weighted by atomic mass is 10.1. The molecule has 19 heavy (non-hydrogen) atoms. The highest BCUT2D eigenvalue weighted by Gasteiger charge is 2.14. The summed E-state index contributed by atoms with van der Waals surface area (Å²) in [6, 6.07) is 7.40. The lowest BCUT2D eigenvalue weighted by Gasteiger charge is -2.20. The SMILES string of the molecule is CC(C)(C)NC(=O)Cn1ccc2ccc(C=O)cc21. The van der Waals surface area contributed by atoms with E-state index in [4.69, 9.17) is 0 Å². The number of fused-ring (bicyclic) bond motifs is 1. The molecule has 1 N–H and O–H groups in total. The monoisotopic (exact) mass is 258 g/mol. The maximum atomic E-state index is 11.9. The highest BCUT2D eigenvalue weighted by Crippen LogP contribution is 2.17. The maximum Gasteiger partial charge on any atom is 0.240 e. The third-order valence-corrected chi connectivity index (χ3v) is 2.76. The van der Waals surface area contributed by atoms with Crippen LogP contribution in [0.2, 0.25) is 0 Å². The fourth-order valence-corrected chi connectivity index (χ4v) is 2.02. The summed E-state index contributed by atoms with van der Waals surface area (Å²) in [6.07, 6.45) is 2.67. The van der Waals surface area contributed by atoms with Crippen molar-refractivity contribution in [2.75, 3.05) is 0 Å². The smallest absolute Gasteiger partial charge is 0.240 e. The van der Waals surface area contributed by atoms with Gasteiger partial charge in [-0.25, -0.2) is 0 Å². The number of hydrogen-bond donors (Lipinski definition) is 1. The predicted octanol–water partition coefficient (Wildman–Crippen LogP) is 2.37. The average Bonchev–Trinajstić information content (AvgIpc) is 2.69. The van der Waals surface area contributed by atoms with E-state index < -0.39 is 0 Å². The van der Waals surface area contributed by atoms with Crippen LogP contribution in [0.1, 0.15) is 31.1 Å². The Hall–Kier alpha value is -2.10. The van der Waals surface area contributed by atoms with Gasteiger partial charge in [0.1, 0.15) is 12.8 Å². The minimum absolute atomic E-state index is 0.0403. The van der Waals surface area contributed by atoms with Crippen LogP contribution in [-0.4, -0.2) is 22.3 Å². The van der Waals surface area contributed by atoms with Crippen molar-refractivity contribution >= 4 is 23.1 Å². The summed E-state index contributed by atoms with van der Waals surface area (Å²) in [7, 11) is 0. The number of benzene rings is 1. The van der Waals surface area contributed by atoms with E-state index in [2.05, 4.69) is 5.32 Å². The van der Waals surface area contributed by atoms with Crippen LogP contribution in [0.5, 0.6) is 0 Å². The van der Waals surface area contributed by atoms with Crippen molar-refractivity contribution in [3.63, 3.8) is 0 Å². The van der Waals surface area contributed by atoms with Gasteiger partial charge in [0.25, 0.3) is 0 Å². The Balaban J connectivity index is 2.25. The van der Waals surface area contributed by atoms with Crippen molar-refractivity contribution in [1.82, 2.24) is 9.88 Å². The summed E-state index contributed by atoms with van der Waals surface area (Å²) < 4.78 is 1.85. The van der Waals surface area contributed by atoms with E-state index in [1.54, 1.807) is 12.1 Å². The van der Waals surface area contributed by atoms with Crippen LogP contribution in [0.25, 0.3) is 10.9 Å². The van der Waals surface area contributed by atoms with Gasteiger partial charge in [0.15, 0.2) is 0 Å². The molecule has 0 saturated carbocycles. The number of rotatable bonds is 3. The van der Waals surface area contributed by atoms with Gasteiger partial charge in [-0.1, -0.05) is 12.1 Å². The molecule has 2 aromatic rings. The van der Waals surface area contributed by atoms with Crippen LogP contribution >= 0.6 is 0 Å². The molecule has 0 fully saturated rings. The van der Waals surface area contributed by atoms with Crippen molar-refractivity contribution in [2.24, 2.45) is 0 Å². The van der Waals surface area contributed by atoms with E-state index in [0.29, 0.717) is 5.56 Å². The topological polar surface area (TPSA) is 51.1 Å². The van der Waals surface area contributed by atoms with E-state index in [1.165, 1.54) is 0 Å². The summed E-state index contributed by atoms with van der Waals surface area (Å²) in [5.74, 6) is -0.0403. The number of nitrogens with zero attached hydrogens (tertiary/aromatic N) is 1. The quantitative estimate of drug-likeness (QED) is 0.859. The molecule has 0 saturated heterocycles. The third-order valence-electron chi connectivity index (χ3n) is 2.76. The maximum absolute atomic E-state index is 11.9. The second kappa shape index (κ2) is 4.88. The van der Waals surface area contributed by atoms with E-state index in [-0.39, 0.29) is 18.0 Å². The predicted molar refractivity (Wildman–Crippen MR) is 75.2 cm³/mol. The third kappa shape index (κ3) is 3.22. The van der Waals surface area contributed by atoms with Gasteiger partial charge >= 0.3 is 0 Å². The Kier molecular flexibility index (Phi) is 3.42. The molecule has 1 amide bonds. The molecule has 1 aromatic heterocycles. The minimum atomic E-state index is -0.242. The number of amides is 1. The van der Waals surface area contributed by atoms with Gasteiger partial charge in [-0.3, -0.25) is 9.59 Å². The zero-order valence-electron chi connectivity index (χ0n) is 11.4. The first-order valence-corrected chi connectivity index (χ1v) is 6.24. The van der Waals surface area contributed by atoms with E-state index in [9.17, 15) is 9.59 Å². The first-order chi connectivity index (χ1) is 8.89. The first-order valence-electron chi connectivity index (χ1n) is 6.24. The van der Waals surface area contributed by atoms with Crippen LogP contribution in [0, 0.1) is 0 Å². The van der Waals surface area contributed by atoms with Crippen molar-refractivity contribution in [2.45, 2.75) is 32.9 Å². The molecule has 0 aliphatic rings. The summed E-state index contributed by atoms with van der Waals surface area (Å²) >= 11 is 0. The Morgan fingerprint density at radius 3 is 2.68 bits per heavy atom. The lowest BCUT2D eigenvalue weighted by molar-refractivity contribution is -0.123. The Morgan fingerprint density at radius 1 is 1.32 bits per heavy atom. The molecule has 0 unspecified atom stereocenters. The molecule has 1 heterocycles. The van der Waals surface area contributed by atoms with Crippen molar-refractivity contribution in [1.29, 1.82) is 0 Å². The Morgan fingerprint density at radius 2 is 2.05 bits per heavy atom. The molecule has 0 aliphatic heterocycles. The van der Waals surface area contributed by atoms with Gasteiger partial charge in [0.2, 0.25) is 5.91 Å². The van der Waals surface area contributed by atoms with Crippen LogP contribution in [-0.2, 0) is 11.3 Å². The Labute approximate surface area is 112 Å². The second-order valence-corrected chi connectivity index (χ2v) is 5.68. The van der Waals surface area contributed by atoms with Gasteiger partial charge in [0, 0.05) is 22.8 Å². The summed E-state index contributed by atoms with van der Waals surface area (Å²) in [4.78, 5) is 22.7. The molecular weight excluding hydrogens is 240 g/mol. The molecular formula is C15H18N2O2. The van der Waals surface area contributed by atoms with E-state index in [0.717, 1.165) is 17.2 Å². The van der Waals surface area contributed by atoms with Crippen LogP contribution in [0.15, 0.2) is 30.5 Å². The molecule has 4 nitrogen and oxygen atoms in total. The van der Waals surface area contributed by atoms with Crippen molar-refractivity contribution < 1.29 is 9.59 Å². The van der Waals surface area contributed by atoms with Crippen LogP contribution in [0.3, 0.4) is 0 Å². The van der Waals surface area contributed by atoms with E-state index in [1.807, 2.05) is 43.7 Å². The Bertz CT molecular complexity index is 621. The summed E-state index contributed by atoms with van der Waals surface area (Å²) in [6.45, 7) is 6.10. The zero-order valence-corrected chi connectivity index (χ0v) is 11.4. The number of carbonyl (C=O) groups excluding carboxylic acids is 2. The van der Waals surface area contributed by atoms with Gasteiger partial charge in [0.05, 0.1) is 0 Å². The molecule has 0 aliphatic carbocycles. The van der Waals surface area contributed by atoms with Crippen LogP contribution in [0.4, 0.5) is 0 Å². The van der Waals surface area contributed by atoms with Gasteiger partial charge in [-0.2, -0.15) is 0 Å². The number of carbonyl (C=O) groups is 2. The molecule has 1 aromatic carbocycles. The van der Waals surface area contributed by atoms with Gasteiger partial charge in [-0.15, -0.1) is 0 Å².